The van der Waals surface area contributed by atoms with Crippen LogP contribution in [0.5, 0.6) is 0 Å². The van der Waals surface area contributed by atoms with Crippen molar-refractivity contribution in [2.45, 2.75) is 56.7 Å². The summed E-state index contributed by atoms with van der Waals surface area (Å²) in [6.07, 6.45) is 4.22. The van der Waals surface area contributed by atoms with Gasteiger partial charge in [-0.15, -0.1) is 0 Å². The number of hydrogen-bond acceptors (Lipinski definition) is 4. The van der Waals surface area contributed by atoms with Gasteiger partial charge in [-0.1, -0.05) is 0 Å². The van der Waals surface area contributed by atoms with E-state index >= 15 is 0 Å². The number of imide groups is 1. The van der Waals surface area contributed by atoms with E-state index in [1.54, 1.807) is 0 Å². The number of nitrogens with one attached hydrogen (secondary N) is 2. The molecule has 1 saturated heterocycles. The summed E-state index contributed by atoms with van der Waals surface area (Å²) in [5.74, 6) is -0.385. The van der Waals surface area contributed by atoms with Crippen molar-refractivity contribution in [3.8, 4) is 0 Å². The van der Waals surface area contributed by atoms with Gasteiger partial charge in [0.1, 0.15) is 0 Å². The molecule has 1 aliphatic heterocycles. The Morgan fingerprint density at radius 1 is 1.12 bits per heavy atom. The van der Waals surface area contributed by atoms with Crippen LogP contribution in [0.1, 0.15) is 38.5 Å². The number of aliphatic hydroxyl groups is 1. The summed E-state index contributed by atoms with van der Waals surface area (Å²) >= 11 is 0. The second kappa shape index (κ2) is 4.93. The topological polar surface area (TPSA) is 78.4 Å². The molecule has 0 radical (unpaired) electrons. The van der Waals surface area contributed by atoms with Gasteiger partial charge in [0.15, 0.2) is 0 Å². The third-order valence-corrected chi connectivity index (χ3v) is 3.37. The van der Waals surface area contributed by atoms with Gasteiger partial charge in [0.05, 0.1) is 12.1 Å². The number of hydrogen-bond donors (Lipinski definition) is 3. The summed E-state index contributed by atoms with van der Waals surface area (Å²) in [6, 6.07) is 0.0605. The number of aliphatic hydroxyl groups excluding tert-OH is 1. The molecule has 3 N–H and O–H groups in total. The molecule has 0 aromatic carbocycles. The largest absolute Gasteiger partial charge is 0.393 e. The second-order valence-corrected chi connectivity index (χ2v) is 4.68. The summed E-state index contributed by atoms with van der Waals surface area (Å²) in [7, 11) is 0. The fourth-order valence-electron chi connectivity index (χ4n) is 2.38. The van der Waals surface area contributed by atoms with Crippen LogP contribution in [-0.2, 0) is 9.59 Å². The summed E-state index contributed by atoms with van der Waals surface area (Å²) in [6.45, 7) is 0. The average Bonchev–Trinajstić information content (AvgIpc) is 2.25. The molecule has 1 saturated carbocycles. The minimum atomic E-state index is -0.238. The van der Waals surface area contributed by atoms with Gasteiger partial charge >= 0.3 is 0 Å². The summed E-state index contributed by atoms with van der Waals surface area (Å²) < 4.78 is 0. The highest BCUT2D eigenvalue weighted by Gasteiger charge is 2.29. The fourth-order valence-corrected chi connectivity index (χ4v) is 2.38. The van der Waals surface area contributed by atoms with Crippen molar-refractivity contribution in [2.75, 3.05) is 0 Å². The molecule has 5 nitrogen and oxygen atoms in total. The first-order valence-corrected chi connectivity index (χ1v) is 5.93. The smallest absolute Gasteiger partial charge is 0.243 e. The predicted molar refractivity (Wildman–Crippen MR) is 57.6 cm³/mol. The Balaban J connectivity index is 1.81. The Morgan fingerprint density at radius 2 is 1.81 bits per heavy atom. The molecule has 1 heterocycles. The lowest BCUT2D eigenvalue weighted by molar-refractivity contribution is -0.134. The molecular weight excluding hydrogens is 208 g/mol. The zero-order chi connectivity index (χ0) is 11.5. The Morgan fingerprint density at radius 3 is 2.44 bits per heavy atom. The van der Waals surface area contributed by atoms with E-state index in [1.807, 2.05) is 0 Å². The third-order valence-electron chi connectivity index (χ3n) is 3.37. The van der Waals surface area contributed by atoms with Crippen LogP contribution >= 0.6 is 0 Å². The lowest BCUT2D eigenvalue weighted by Gasteiger charge is -2.31. The number of piperidine rings is 1. The van der Waals surface area contributed by atoms with E-state index in [0.29, 0.717) is 18.9 Å². The maximum absolute atomic E-state index is 11.5. The van der Waals surface area contributed by atoms with Crippen LogP contribution in [0, 0.1) is 0 Å². The zero-order valence-corrected chi connectivity index (χ0v) is 9.24. The van der Waals surface area contributed by atoms with Crippen LogP contribution in [0.25, 0.3) is 0 Å². The maximum Gasteiger partial charge on any atom is 0.243 e. The van der Waals surface area contributed by atoms with Crippen molar-refractivity contribution < 1.29 is 14.7 Å². The van der Waals surface area contributed by atoms with Crippen molar-refractivity contribution in [1.29, 1.82) is 0 Å². The van der Waals surface area contributed by atoms with Crippen LogP contribution in [0.2, 0.25) is 0 Å². The molecule has 2 rings (SSSR count). The average molecular weight is 226 g/mol. The lowest BCUT2D eigenvalue weighted by atomic mass is 9.92. The van der Waals surface area contributed by atoms with Crippen LogP contribution in [-0.4, -0.2) is 35.1 Å². The van der Waals surface area contributed by atoms with Gasteiger partial charge in [-0.25, -0.2) is 0 Å². The molecule has 0 spiro atoms. The lowest BCUT2D eigenvalue weighted by Crippen LogP contribution is -2.54. The van der Waals surface area contributed by atoms with Crippen LogP contribution in [0.15, 0.2) is 0 Å². The molecule has 2 fully saturated rings. The molecule has 2 amide bonds. The van der Waals surface area contributed by atoms with E-state index in [9.17, 15) is 14.7 Å². The second-order valence-electron chi connectivity index (χ2n) is 4.68. The van der Waals surface area contributed by atoms with Crippen molar-refractivity contribution in [1.82, 2.24) is 10.6 Å². The van der Waals surface area contributed by atoms with Crippen LogP contribution in [0.4, 0.5) is 0 Å². The molecule has 2 aliphatic rings. The SMILES string of the molecule is O=C1CCC(NC2CCC(O)CC2)C(=O)N1. The summed E-state index contributed by atoms with van der Waals surface area (Å²) in [5, 5.41) is 15.0. The Hall–Kier alpha value is -0.940. The van der Waals surface area contributed by atoms with E-state index < -0.39 is 0 Å². The van der Waals surface area contributed by atoms with Gasteiger partial charge in [-0.05, 0) is 32.1 Å². The van der Waals surface area contributed by atoms with Gasteiger partial charge < -0.3 is 10.4 Å². The first kappa shape index (κ1) is 11.5. The Bertz CT molecular complexity index is 285. The first-order chi connectivity index (χ1) is 7.65. The van der Waals surface area contributed by atoms with Crippen molar-refractivity contribution in [3.63, 3.8) is 0 Å². The van der Waals surface area contributed by atoms with E-state index in [4.69, 9.17) is 0 Å². The van der Waals surface area contributed by atoms with Gasteiger partial charge in [-0.2, -0.15) is 0 Å². The van der Waals surface area contributed by atoms with Crippen LogP contribution in [0.3, 0.4) is 0 Å². The van der Waals surface area contributed by atoms with Crippen molar-refractivity contribution >= 4 is 11.8 Å². The van der Waals surface area contributed by atoms with Crippen molar-refractivity contribution in [2.24, 2.45) is 0 Å². The van der Waals surface area contributed by atoms with Gasteiger partial charge in [0.25, 0.3) is 0 Å². The van der Waals surface area contributed by atoms with E-state index in [0.717, 1.165) is 25.7 Å². The molecule has 90 valence electrons. The van der Waals surface area contributed by atoms with Gasteiger partial charge in [-0.3, -0.25) is 14.9 Å². The predicted octanol–water partition coefficient (Wildman–Crippen LogP) is -0.315. The molecule has 16 heavy (non-hydrogen) atoms. The number of amides is 2. The maximum atomic E-state index is 11.5. The minimum absolute atomic E-state index is 0.179. The van der Waals surface area contributed by atoms with Crippen molar-refractivity contribution in [3.05, 3.63) is 0 Å². The van der Waals surface area contributed by atoms with Crippen LogP contribution < -0.4 is 10.6 Å². The quantitative estimate of drug-likeness (QED) is 0.564. The fraction of sp³-hybridized carbons (Fsp3) is 0.818. The highest BCUT2D eigenvalue weighted by Crippen LogP contribution is 2.19. The Labute approximate surface area is 94.6 Å². The highest BCUT2D eigenvalue weighted by molar-refractivity contribution is 6.00. The molecule has 1 unspecified atom stereocenters. The molecule has 5 heteroatoms. The van der Waals surface area contributed by atoms with E-state index in [-0.39, 0.29) is 24.0 Å². The monoisotopic (exact) mass is 226 g/mol. The number of carbonyl (C=O) groups is 2. The minimum Gasteiger partial charge on any atom is -0.393 e. The van der Waals surface area contributed by atoms with Gasteiger partial charge in [0, 0.05) is 12.5 Å². The third kappa shape index (κ3) is 2.80. The first-order valence-electron chi connectivity index (χ1n) is 5.93. The summed E-state index contributed by atoms with van der Waals surface area (Å²) in [5.41, 5.74) is 0. The number of carbonyl (C=O) groups excluding carboxylic acids is 2. The zero-order valence-electron chi connectivity index (χ0n) is 9.24. The Kier molecular flexibility index (Phi) is 3.56. The standard InChI is InChI=1S/C11H18N2O3/c14-8-3-1-7(2-4-8)12-9-5-6-10(15)13-11(9)16/h7-9,12,14H,1-6H2,(H,13,15,16). The van der Waals surface area contributed by atoms with E-state index in [1.165, 1.54) is 0 Å². The van der Waals surface area contributed by atoms with Gasteiger partial charge in [0.2, 0.25) is 11.8 Å². The normalized spacial score (nSPS) is 35.9. The molecule has 1 atom stereocenters. The molecule has 0 aromatic rings. The molecular formula is C11H18N2O3. The molecule has 0 aromatic heterocycles. The molecule has 1 aliphatic carbocycles. The van der Waals surface area contributed by atoms with E-state index in [2.05, 4.69) is 10.6 Å². The summed E-state index contributed by atoms with van der Waals surface area (Å²) in [4.78, 5) is 22.5. The number of rotatable bonds is 2. The highest BCUT2D eigenvalue weighted by atomic mass is 16.3. The molecule has 0 bridgehead atoms.